The molecular formula is C30H37N3O4. The van der Waals surface area contributed by atoms with E-state index in [1.165, 1.54) is 0 Å². The molecule has 1 fully saturated rings. The molecule has 37 heavy (non-hydrogen) atoms. The number of ether oxygens (including phenoxy) is 2. The van der Waals surface area contributed by atoms with E-state index in [0.29, 0.717) is 29.3 Å². The number of carboxylic acids is 1. The van der Waals surface area contributed by atoms with Gasteiger partial charge < -0.3 is 19.5 Å². The van der Waals surface area contributed by atoms with Gasteiger partial charge in [-0.15, -0.1) is 0 Å². The molecule has 2 aromatic heterocycles. The maximum absolute atomic E-state index is 12.4. The summed E-state index contributed by atoms with van der Waals surface area (Å²) in [4.78, 5) is 24.0. The third-order valence-corrected chi connectivity index (χ3v) is 6.88. The summed E-state index contributed by atoms with van der Waals surface area (Å²) in [5, 5.41) is 10.2. The molecule has 3 aromatic rings. The molecule has 1 aliphatic rings. The van der Waals surface area contributed by atoms with Crippen molar-refractivity contribution in [2.24, 2.45) is 5.41 Å². The first-order chi connectivity index (χ1) is 17.6. The number of rotatable bonds is 9. The zero-order chi connectivity index (χ0) is 26.6. The van der Waals surface area contributed by atoms with E-state index in [-0.39, 0.29) is 11.5 Å². The molecule has 0 unspecified atom stereocenters. The highest BCUT2D eigenvalue weighted by molar-refractivity contribution is 5.85. The minimum atomic E-state index is -1.12. The van der Waals surface area contributed by atoms with Crippen molar-refractivity contribution in [3.63, 3.8) is 0 Å². The molecule has 1 N–H and O–H groups in total. The fourth-order valence-electron chi connectivity index (χ4n) is 4.67. The molecule has 3 heterocycles. The summed E-state index contributed by atoms with van der Waals surface area (Å²) in [7, 11) is 0. The number of benzene rings is 1. The van der Waals surface area contributed by atoms with Gasteiger partial charge in [0.2, 0.25) is 0 Å². The zero-order valence-electron chi connectivity index (χ0n) is 22.4. The Hall–Kier alpha value is -3.45. The summed E-state index contributed by atoms with van der Waals surface area (Å²) in [5.41, 5.74) is 4.95. The summed E-state index contributed by atoms with van der Waals surface area (Å²) in [6, 6.07) is 13.8. The second-order valence-corrected chi connectivity index (χ2v) is 10.7. The number of aromatic nitrogens is 2. The minimum absolute atomic E-state index is 0.246. The van der Waals surface area contributed by atoms with Crippen LogP contribution < -0.4 is 9.64 Å². The topological polar surface area (TPSA) is 84.8 Å². The molecule has 0 radical (unpaired) electrons. The monoisotopic (exact) mass is 503 g/mol. The van der Waals surface area contributed by atoms with Gasteiger partial charge in [-0.3, -0.25) is 9.97 Å². The lowest BCUT2D eigenvalue weighted by Crippen LogP contribution is -2.39. The van der Waals surface area contributed by atoms with Crippen LogP contribution in [0.25, 0.3) is 11.3 Å². The van der Waals surface area contributed by atoms with Crippen molar-refractivity contribution in [1.82, 2.24) is 9.97 Å². The van der Waals surface area contributed by atoms with Crippen LogP contribution in [-0.4, -0.2) is 40.2 Å². The molecule has 1 saturated heterocycles. The maximum atomic E-state index is 12.4. The molecular weight excluding hydrogens is 466 g/mol. The number of pyridine rings is 2. The Morgan fingerprint density at radius 2 is 1.76 bits per heavy atom. The van der Waals surface area contributed by atoms with Gasteiger partial charge in [-0.1, -0.05) is 44.2 Å². The Balaban J connectivity index is 1.73. The van der Waals surface area contributed by atoms with E-state index < -0.39 is 12.1 Å². The van der Waals surface area contributed by atoms with Gasteiger partial charge in [0.1, 0.15) is 12.4 Å². The number of carbonyl (C=O) groups is 1. The first-order valence-corrected chi connectivity index (χ1v) is 12.9. The average molecular weight is 504 g/mol. The van der Waals surface area contributed by atoms with E-state index >= 15 is 0 Å². The van der Waals surface area contributed by atoms with Gasteiger partial charge in [0.05, 0.1) is 23.7 Å². The van der Waals surface area contributed by atoms with Gasteiger partial charge >= 0.3 is 5.97 Å². The molecule has 1 aromatic carbocycles. The van der Waals surface area contributed by atoms with Crippen molar-refractivity contribution in [2.45, 2.75) is 66.3 Å². The molecule has 4 rings (SSSR count). The van der Waals surface area contributed by atoms with E-state index in [9.17, 15) is 9.90 Å². The van der Waals surface area contributed by atoms with Crippen LogP contribution in [0.2, 0.25) is 0 Å². The maximum Gasteiger partial charge on any atom is 0.337 e. The van der Waals surface area contributed by atoms with Gasteiger partial charge in [0.15, 0.2) is 6.10 Å². The van der Waals surface area contributed by atoms with E-state index in [1.807, 2.05) is 63.2 Å². The predicted octanol–water partition coefficient (Wildman–Crippen LogP) is 6.21. The number of hydrogen-bond acceptors (Lipinski definition) is 6. The largest absolute Gasteiger partial charge is 0.487 e. The van der Waals surface area contributed by atoms with E-state index in [4.69, 9.17) is 14.5 Å². The van der Waals surface area contributed by atoms with E-state index in [1.54, 1.807) is 12.4 Å². The lowest BCUT2D eigenvalue weighted by Gasteiger charge is -2.40. The number of nitrogens with zero attached hydrogens (tertiary/aromatic N) is 3. The summed E-state index contributed by atoms with van der Waals surface area (Å²) in [6.45, 7) is 12.2. The van der Waals surface area contributed by atoms with Gasteiger partial charge in [-0.25, -0.2) is 4.79 Å². The van der Waals surface area contributed by atoms with Crippen LogP contribution >= 0.6 is 0 Å². The molecule has 7 nitrogen and oxygen atoms in total. The minimum Gasteiger partial charge on any atom is -0.487 e. The van der Waals surface area contributed by atoms with Crippen molar-refractivity contribution in [1.29, 1.82) is 0 Å². The lowest BCUT2D eigenvalue weighted by atomic mass is 9.82. The number of piperidine rings is 1. The van der Waals surface area contributed by atoms with Crippen LogP contribution in [0, 0.1) is 12.3 Å². The molecule has 1 aliphatic heterocycles. The Kier molecular flexibility index (Phi) is 8.13. The number of carboxylic acid groups (broad SMARTS) is 1. The normalized spacial score (nSPS) is 16.0. The quantitative estimate of drug-likeness (QED) is 0.372. The number of anilines is 1. The third-order valence-electron chi connectivity index (χ3n) is 6.88. The Morgan fingerprint density at radius 3 is 2.35 bits per heavy atom. The predicted molar refractivity (Wildman–Crippen MR) is 145 cm³/mol. The van der Waals surface area contributed by atoms with E-state index in [2.05, 4.69) is 23.7 Å². The highest BCUT2D eigenvalue weighted by Gasteiger charge is 2.34. The second kappa shape index (κ2) is 11.3. The Bertz CT molecular complexity index is 1200. The number of hydrogen-bond donors (Lipinski definition) is 1. The van der Waals surface area contributed by atoms with Crippen LogP contribution in [0.15, 0.2) is 54.9 Å². The molecule has 0 bridgehead atoms. The summed E-state index contributed by atoms with van der Waals surface area (Å²) in [6.07, 6.45) is 4.16. The van der Waals surface area contributed by atoms with Crippen molar-refractivity contribution in [2.75, 3.05) is 18.0 Å². The molecule has 0 aliphatic carbocycles. The number of aryl methyl sites for hydroxylation is 1. The van der Waals surface area contributed by atoms with Gasteiger partial charge in [0.25, 0.3) is 0 Å². The van der Waals surface area contributed by atoms with Gasteiger partial charge in [-0.05, 0) is 56.7 Å². The van der Waals surface area contributed by atoms with Gasteiger partial charge in [-0.2, -0.15) is 0 Å². The summed E-state index contributed by atoms with van der Waals surface area (Å²) >= 11 is 0. The zero-order valence-corrected chi connectivity index (χ0v) is 22.4. The fraction of sp³-hybridized carbons (Fsp3) is 0.433. The standard InChI is InChI=1S/C30H37N3O4/c1-20(2)37-28(29(34)35)26-21(3)31-18-24(27(26)33-15-13-30(4,5)14-16-33)25-12-11-23(17-32-25)36-19-22-9-7-6-8-10-22/h6-12,17-18,20,28H,13-16,19H2,1-5H3,(H,34,35)/t28-/m0/s1. The second-order valence-electron chi connectivity index (χ2n) is 10.7. The highest BCUT2D eigenvalue weighted by atomic mass is 16.5. The Labute approximate surface area is 219 Å². The first kappa shape index (κ1) is 26.6. The van der Waals surface area contributed by atoms with E-state index in [0.717, 1.165) is 42.7 Å². The van der Waals surface area contributed by atoms with Crippen molar-refractivity contribution >= 4 is 11.7 Å². The van der Waals surface area contributed by atoms with Crippen molar-refractivity contribution < 1.29 is 19.4 Å². The number of aliphatic carboxylic acids is 1. The SMILES string of the molecule is Cc1ncc(-c2ccc(OCc3ccccc3)cn2)c(N2CCC(C)(C)CC2)c1[C@H](OC(C)C)C(=O)O. The smallest absolute Gasteiger partial charge is 0.337 e. The van der Waals surface area contributed by atoms with Crippen LogP contribution in [0.1, 0.15) is 63.5 Å². The highest BCUT2D eigenvalue weighted by Crippen LogP contribution is 2.42. The first-order valence-electron chi connectivity index (χ1n) is 12.9. The molecule has 1 atom stereocenters. The van der Waals surface area contributed by atoms with Gasteiger partial charge in [0, 0.05) is 36.1 Å². The molecule has 7 heteroatoms. The summed E-state index contributed by atoms with van der Waals surface area (Å²) < 4.78 is 11.9. The summed E-state index contributed by atoms with van der Waals surface area (Å²) in [5.74, 6) is -0.354. The van der Waals surface area contributed by atoms with Crippen LogP contribution in [0.4, 0.5) is 5.69 Å². The molecule has 0 spiro atoms. The third kappa shape index (κ3) is 6.46. The molecule has 0 saturated carbocycles. The fourth-order valence-corrected chi connectivity index (χ4v) is 4.67. The Morgan fingerprint density at radius 1 is 1.05 bits per heavy atom. The molecule has 0 amide bonds. The van der Waals surface area contributed by atoms with Crippen molar-refractivity contribution in [3.8, 4) is 17.0 Å². The van der Waals surface area contributed by atoms with Crippen LogP contribution in [0.5, 0.6) is 5.75 Å². The van der Waals surface area contributed by atoms with Crippen molar-refractivity contribution in [3.05, 3.63) is 71.7 Å². The lowest BCUT2D eigenvalue weighted by molar-refractivity contribution is -0.153. The average Bonchev–Trinajstić information content (AvgIpc) is 2.87. The molecule has 196 valence electrons. The van der Waals surface area contributed by atoms with Crippen LogP contribution in [-0.2, 0) is 16.1 Å². The van der Waals surface area contributed by atoms with Crippen LogP contribution in [0.3, 0.4) is 0 Å².